The van der Waals surface area contributed by atoms with Gasteiger partial charge in [0.2, 0.25) is 0 Å². The molecule has 0 fully saturated rings. The van der Waals surface area contributed by atoms with Gasteiger partial charge >= 0.3 is 0 Å². The smallest absolute Gasteiger partial charge is 0.198 e. The number of para-hydroxylation sites is 1. The molecule has 126 valence electrons. The number of halogens is 2. The average Bonchev–Trinajstić information content (AvgIpc) is 2.64. The van der Waals surface area contributed by atoms with Gasteiger partial charge in [-0.2, -0.15) is 0 Å². The highest BCUT2D eigenvalue weighted by Gasteiger charge is 2.14. The molecule has 26 heavy (non-hydrogen) atoms. The lowest BCUT2D eigenvalue weighted by atomic mass is 10.1. The molecule has 0 saturated carbocycles. The van der Waals surface area contributed by atoms with Crippen molar-refractivity contribution in [2.24, 2.45) is 0 Å². The Bertz CT molecular complexity index is 1500. The molecule has 0 bridgehead atoms. The summed E-state index contributed by atoms with van der Waals surface area (Å²) in [4.78, 5) is 32.2. The highest BCUT2D eigenvalue weighted by atomic mass is 35.5. The molecule has 5 rings (SSSR count). The number of aromatic nitrogens is 2. The molecular formula is C20H10Cl2N2O2. The zero-order valence-corrected chi connectivity index (χ0v) is 14.7. The third-order valence-corrected chi connectivity index (χ3v) is 5.31. The van der Waals surface area contributed by atoms with E-state index in [0.717, 1.165) is 5.52 Å². The molecule has 0 aliphatic rings. The number of fused-ring (bicyclic) bond motifs is 4. The Morgan fingerprint density at radius 2 is 1.31 bits per heavy atom. The Kier molecular flexibility index (Phi) is 3.17. The van der Waals surface area contributed by atoms with Gasteiger partial charge < -0.3 is 9.97 Å². The Morgan fingerprint density at radius 3 is 2.12 bits per heavy atom. The normalized spacial score (nSPS) is 11.8. The molecule has 4 nitrogen and oxygen atoms in total. The van der Waals surface area contributed by atoms with Crippen molar-refractivity contribution in [3.05, 3.63) is 79.0 Å². The number of nitrogens with one attached hydrogen (secondary N) is 2. The van der Waals surface area contributed by atoms with Crippen LogP contribution in [0.25, 0.3) is 43.6 Å². The first-order chi connectivity index (χ1) is 12.5. The topological polar surface area (TPSA) is 65.7 Å². The van der Waals surface area contributed by atoms with Crippen molar-refractivity contribution in [2.45, 2.75) is 0 Å². The van der Waals surface area contributed by atoms with E-state index >= 15 is 0 Å². The first kappa shape index (κ1) is 15.4. The fraction of sp³-hybridized carbons (Fsp3) is 0. The van der Waals surface area contributed by atoms with E-state index in [-0.39, 0.29) is 10.9 Å². The van der Waals surface area contributed by atoms with Crippen LogP contribution in [0.15, 0.2) is 58.1 Å². The second kappa shape index (κ2) is 5.34. The summed E-state index contributed by atoms with van der Waals surface area (Å²) in [5.74, 6) is 0. The van der Waals surface area contributed by atoms with Gasteiger partial charge in [-0.3, -0.25) is 9.59 Å². The molecule has 5 aromatic rings. The Balaban J connectivity index is 2.05. The molecule has 0 unspecified atom stereocenters. The minimum Gasteiger partial charge on any atom is -0.354 e. The van der Waals surface area contributed by atoms with Crippen LogP contribution in [0.4, 0.5) is 0 Å². The van der Waals surface area contributed by atoms with Gasteiger partial charge in [-0.15, -0.1) is 0 Å². The predicted molar refractivity (Wildman–Crippen MR) is 108 cm³/mol. The van der Waals surface area contributed by atoms with E-state index in [2.05, 4.69) is 9.97 Å². The van der Waals surface area contributed by atoms with Crippen LogP contribution in [0, 0.1) is 0 Å². The third kappa shape index (κ3) is 2.03. The summed E-state index contributed by atoms with van der Waals surface area (Å²) < 4.78 is 0. The molecule has 2 aromatic heterocycles. The van der Waals surface area contributed by atoms with Crippen LogP contribution < -0.4 is 10.9 Å². The first-order valence-electron chi connectivity index (χ1n) is 7.93. The molecule has 0 amide bonds. The number of aromatic amines is 2. The van der Waals surface area contributed by atoms with Gasteiger partial charge in [-0.1, -0.05) is 35.3 Å². The van der Waals surface area contributed by atoms with E-state index < -0.39 is 0 Å². The predicted octanol–water partition coefficient (Wildman–Crippen LogP) is 4.98. The molecule has 0 radical (unpaired) electrons. The summed E-state index contributed by atoms with van der Waals surface area (Å²) in [5.41, 5.74) is 2.02. The van der Waals surface area contributed by atoms with Crippen molar-refractivity contribution in [1.29, 1.82) is 0 Å². The van der Waals surface area contributed by atoms with E-state index in [1.54, 1.807) is 30.3 Å². The van der Waals surface area contributed by atoms with Crippen molar-refractivity contribution in [3.8, 4) is 0 Å². The summed E-state index contributed by atoms with van der Waals surface area (Å²) in [6, 6.07) is 13.9. The Labute approximate surface area is 156 Å². The molecule has 0 aliphatic carbocycles. The van der Waals surface area contributed by atoms with Crippen molar-refractivity contribution in [3.63, 3.8) is 0 Å². The fourth-order valence-corrected chi connectivity index (χ4v) is 3.88. The lowest BCUT2D eigenvalue weighted by Crippen LogP contribution is -2.08. The Hall–Kier alpha value is -2.82. The zero-order valence-electron chi connectivity index (χ0n) is 13.2. The standard InChI is InChI=1S/C20H10Cl2N2O2/c21-12-5-6-13(22)18-17(12)20(26)11-8-15-10(7-16(11)24-18)19(25)9-3-1-2-4-14(9)23-15/h1-8H,(H,23,25)(H,24,26). The summed E-state index contributed by atoms with van der Waals surface area (Å²) in [6.45, 7) is 0. The second-order valence-corrected chi connectivity index (χ2v) is 6.99. The van der Waals surface area contributed by atoms with Crippen LogP contribution in [0.5, 0.6) is 0 Å². The molecule has 6 heteroatoms. The quantitative estimate of drug-likeness (QED) is 0.372. The number of benzene rings is 3. The van der Waals surface area contributed by atoms with Gasteiger partial charge in [0.1, 0.15) is 0 Å². The van der Waals surface area contributed by atoms with Crippen LogP contribution in [0.3, 0.4) is 0 Å². The van der Waals surface area contributed by atoms with Crippen molar-refractivity contribution in [2.75, 3.05) is 0 Å². The largest absolute Gasteiger partial charge is 0.354 e. The van der Waals surface area contributed by atoms with Crippen molar-refractivity contribution in [1.82, 2.24) is 9.97 Å². The minimum absolute atomic E-state index is 0.0885. The Morgan fingerprint density at radius 1 is 0.654 bits per heavy atom. The van der Waals surface area contributed by atoms with Gasteiger partial charge in [0.15, 0.2) is 10.9 Å². The molecule has 0 saturated heterocycles. The summed E-state index contributed by atoms with van der Waals surface area (Å²) in [7, 11) is 0. The van der Waals surface area contributed by atoms with Crippen LogP contribution in [0.2, 0.25) is 10.0 Å². The van der Waals surface area contributed by atoms with Gasteiger partial charge in [0.05, 0.1) is 32.0 Å². The number of rotatable bonds is 0. The van der Waals surface area contributed by atoms with E-state index in [1.165, 1.54) is 0 Å². The van der Waals surface area contributed by atoms with Gasteiger partial charge in [0.25, 0.3) is 0 Å². The molecule has 0 atom stereocenters. The molecule has 0 aliphatic heterocycles. The van der Waals surface area contributed by atoms with Crippen molar-refractivity contribution < 1.29 is 0 Å². The lowest BCUT2D eigenvalue weighted by molar-refractivity contribution is 1.46. The highest BCUT2D eigenvalue weighted by molar-refractivity contribution is 6.40. The summed E-state index contributed by atoms with van der Waals surface area (Å²) in [5, 5.41) is 2.62. The number of hydrogen-bond acceptors (Lipinski definition) is 2. The number of hydrogen-bond donors (Lipinski definition) is 2. The maximum Gasteiger partial charge on any atom is 0.198 e. The van der Waals surface area contributed by atoms with E-state index in [0.29, 0.717) is 48.1 Å². The monoisotopic (exact) mass is 380 g/mol. The van der Waals surface area contributed by atoms with Crippen LogP contribution >= 0.6 is 23.2 Å². The average molecular weight is 381 g/mol. The van der Waals surface area contributed by atoms with Crippen LogP contribution in [-0.2, 0) is 0 Å². The lowest BCUT2D eigenvalue weighted by Gasteiger charge is -2.08. The van der Waals surface area contributed by atoms with Gasteiger partial charge in [-0.25, -0.2) is 0 Å². The highest BCUT2D eigenvalue weighted by Crippen LogP contribution is 2.29. The third-order valence-electron chi connectivity index (χ3n) is 4.68. The van der Waals surface area contributed by atoms with E-state index in [4.69, 9.17) is 23.2 Å². The summed E-state index contributed by atoms with van der Waals surface area (Å²) in [6.07, 6.45) is 0. The van der Waals surface area contributed by atoms with Crippen molar-refractivity contribution >= 4 is 66.8 Å². The molecule has 3 aromatic carbocycles. The molecular weight excluding hydrogens is 371 g/mol. The number of pyridine rings is 2. The van der Waals surface area contributed by atoms with Gasteiger partial charge in [0, 0.05) is 21.7 Å². The number of H-pyrrole nitrogens is 2. The van der Waals surface area contributed by atoms with Crippen LogP contribution in [0.1, 0.15) is 0 Å². The summed E-state index contributed by atoms with van der Waals surface area (Å²) >= 11 is 12.5. The minimum atomic E-state index is -0.225. The molecule has 2 N–H and O–H groups in total. The van der Waals surface area contributed by atoms with Gasteiger partial charge in [-0.05, 0) is 36.4 Å². The zero-order chi connectivity index (χ0) is 18.0. The van der Waals surface area contributed by atoms with Crippen LogP contribution in [-0.4, -0.2) is 9.97 Å². The van der Waals surface area contributed by atoms with E-state index in [9.17, 15) is 9.59 Å². The maximum atomic E-state index is 13.0. The van der Waals surface area contributed by atoms with E-state index in [1.807, 2.05) is 18.2 Å². The molecule has 0 spiro atoms. The fourth-order valence-electron chi connectivity index (χ4n) is 3.43. The molecule has 2 heterocycles. The SMILES string of the molecule is O=c1c2ccccc2[nH]c2cc3c(=O)c4c(Cl)ccc(Cl)c4[nH]c3cc12. The second-order valence-electron chi connectivity index (χ2n) is 6.18. The maximum absolute atomic E-state index is 13.0. The first-order valence-corrected chi connectivity index (χ1v) is 8.68.